The van der Waals surface area contributed by atoms with Crippen molar-refractivity contribution in [1.82, 2.24) is 9.88 Å². The van der Waals surface area contributed by atoms with Gasteiger partial charge in [0, 0.05) is 38.6 Å². The fourth-order valence-corrected chi connectivity index (χ4v) is 2.28. The Morgan fingerprint density at radius 2 is 2.05 bits per heavy atom. The molecular weight excluding hydrogens is 282 g/mol. The highest BCUT2D eigenvalue weighted by Gasteiger charge is 2.08. The van der Waals surface area contributed by atoms with Crippen molar-refractivity contribution in [3.8, 4) is 0 Å². The van der Waals surface area contributed by atoms with Crippen LogP contribution >= 0.6 is 12.2 Å². The third-order valence-corrected chi connectivity index (χ3v) is 3.53. The predicted octanol–water partition coefficient (Wildman–Crippen LogP) is 2.36. The minimum Gasteiger partial charge on any atom is -0.393 e. The van der Waals surface area contributed by atoms with Crippen LogP contribution in [0.4, 0.5) is 0 Å². The lowest BCUT2D eigenvalue weighted by atomic mass is 10.2. The number of methoxy groups -OCH3 is 1. The summed E-state index contributed by atoms with van der Waals surface area (Å²) in [5.74, 6) is 0. The SMILES string of the molecule is COCCN(CCC(N)=S)Cc1ccc2ccccc2n1. The van der Waals surface area contributed by atoms with E-state index in [2.05, 4.69) is 23.1 Å². The summed E-state index contributed by atoms with van der Waals surface area (Å²) in [4.78, 5) is 7.51. The second-order valence-corrected chi connectivity index (χ2v) is 5.50. The molecule has 112 valence electrons. The summed E-state index contributed by atoms with van der Waals surface area (Å²) in [7, 11) is 1.71. The zero-order valence-corrected chi connectivity index (χ0v) is 13.1. The van der Waals surface area contributed by atoms with Crippen LogP contribution in [0.1, 0.15) is 12.1 Å². The van der Waals surface area contributed by atoms with Gasteiger partial charge in [-0.05, 0) is 12.1 Å². The average Bonchev–Trinajstić information content (AvgIpc) is 2.49. The number of nitrogens with two attached hydrogens (primary N) is 1. The summed E-state index contributed by atoms with van der Waals surface area (Å²) in [6.45, 7) is 3.13. The lowest BCUT2D eigenvalue weighted by Gasteiger charge is -2.21. The van der Waals surface area contributed by atoms with Crippen molar-refractivity contribution in [2.75, 3.05) is 26.8 Å². The largest absolute Gasteiger partial charge is 0.393 e. The molecule has 1 heterocycles. The van der Waals surface area contributed by atoms with Gasteiger partial charge in [0.25, 0.3) is 0 Å². The first kappa shape index (κ1) is 15.8. The molecule has 21 heavy (non-hydrogen) atoms. The van der Waals surface area contributed by atoms with Crippen LogP contribution in [0.3, 0.4) is 0 Å². The van der Waals surface area contributed by atoms with E-state index >= 15 is 0 Å². The molecule has 0 amide bonds. The third-order valence-electron chi connectivity index (χ3n) is 3.33. The molecule has 1 aromatic heterocycles. The number of para-hydroxylation sites is 1. The van der Waals surface area contributed by atoms with Gasteiger partial charge in [0.1, 0.15) is 0 Å². The van der Waals surface area contributed by atoms with Crippen LogP contribution in [0, 0.1) is 0 Å². The van der Waals surface area contributed by atoms with Gasteiger partial charge >= 0.3 is 0 Å². The Balaban J connectivity index is 2.07. The fourth-order valence-electron chi connectivity index (χ4n) is 2.18. The minimum absolute atomic E-state index is 0.545. The van der Waals surface area contributed by atoms with Gasteiger partial charge in [-0.1, -0.05) is 36.5 Å². The molecule has 5 heteroatoms. The second kappa shape index (κ2) is 8.02. The molecule has 0 aliphatic carbocycles. The van der Waals surface area contributed by atoms with E-state index in [1.165, 1.54) is 0 Å². The number of nitrogens with zero attached hydrogens (tertiary/aromatic N) is 2. The smallest absolute Gasteiger partial charge is 0.0740 e. The maximum Gasteiger partial charge on any atom is 0.0740 e. The maximum absolute atomic E-state index is 5.60. The second-order valence-electron chi connectivity index (χ2n) is 4.98. The van der Waals surface area contributed by atoms with Gasteiger partial charge in [0.2, 0.25) is 0 Å². The molecule has 4 nitrogen and oxygen atoms in total. The summed E-state index contributed by atoms with van der Waals surface area (Å²) in [6.07, 6.45) is 0.715. The van der Waals surface area contributed by atoms with Crippen molar-refractivity contribution in [2.24, 2.45) is 5.73 Å². The highest BCUT2D eigenvalue weighted by Crippen LogP contribution is 2.13. The van der Waals surface area contributed by atoms with E-state index in [1.807, 2.05) is 18.2 Å². The van der Waals surface area contributed by atoms with Crippen molar-refractivity contribution < 1.29 is 4.74 Å². The molecule has 0 atom stereocenters. The lowest BCUT2D eigenvalue weighted by molar-refractivity contribution is 0.145. The van der Waals surface area contributed by atoms with Gasteiger partial charge in [-0.25, -0.2) is 0 Å². The zero-order valence-electron chi connectivity index (χ0n) is 12.3. The molecule has 0 aliphatic heterocycles. The number of aromatic nitrogens is 1. The van der Waals surface area contributed by atoms with Gasteiger partial charge in [-0.3, -0.25) is 9.88 Å². The molecule has 0 fully saturated rings. The first-order valence-electron chi connectivity index (χ1n) is 7.03. The van der Waals surface area contributed by atoms with Crippen LogP contribution in [-0.2, 0) is 11.3 Å². The Labute approximate surface area is 130 Å². The Morgan fingerprint density at radius 1 is 1.24 bits per heavy atom. The predicted molar refractivity (Wildman–Crippen MR) is 90.3 cm³/mol. The van der Waals surface area contributed by atoms with Gasteiger partial charge in [0.05, 0.1) is 22.8 Å². The molecule has 0 aliphatic rings. The molecule has 2 aromatic rings. The molecule has 2 rings (SSSR count). The Kier molecular flexibility index (Phi) is 6.04. The number of hydrogen-bond acceptors (Lipinski definition) is 4. The number of rotatable bonds is 8. The Bertz CT molecular complexity index is 603. The van der Waals surface area contributed by atoms with Crippen LogP contribution in [0.5, 0.6) is 0 Å². The number of fused-ring (bicyclic) bond motifs is 1. The summed E-state index contributed by atoms with van der Waals surface area (Å²) in [6, 6.07) is 12.3. The topological polar surface area (TPSA) is 51.4 Å². The number of benzene rings is 1. The van der Waals surface area contributed by atoms with Crippen molar-refractivity contribution >= 4 is 28.1 Å². The van der Waals surface area contributed by atoms with Gasteiger partial charge in [0.15, 0.2) is 0 Å². The third kappa shape index (κ3) is 5.04. The van der Waals surface area contributed by atoms with Crippen LogP contribution in [0.25, 0.3) is 10.9 Å². The Hall–Kier alpha value is -1.56. The molecule has 1 aromatic carbocycles. The monoisotopic (exact) mass is 303 g/mol. The molecule has 0 saturated carbocycles. The van der Waals surface area contributed by atoms with Gasteiger partial charge in [-0.2, -0.15) is 0 Å². The fraction of sp³-hybridized carbons (Fsp3) is 0.375. The highest BCUT2D eigenvalue weighted by molar-refractivity contribution is 7.80. The zero-order chi connectivity index (χ0) is 15.1. The standard InChI is InChI=1S/C16H21N3OS/c1-20-11-10-19(9-8-16(17)21)12-14-7-6-13-4-2-3-5-15(13)18-14/h2-7H,8-12H2,1H3,(H2,17,21). The first-order chi connectivity index (χ1) is 10.2. The summed E-state index contributed by atoms with van der Waals surface area (Å²) in [5, 5.41) is 1.16. The van der Waals surface area contributed by atoms with E-state index in [1.54, 1.807) is 7.11 Å². The highest BCUT2D eigenvalue weighted by atomic mass is 32.1. The van der Waals surface area contributed by atoms with Crippen molar-refractivity contribution in [2.45, 2.75) is 13.0 Å². The van der Waals surface area contributed by atoms with E-state index in [0.29, 0.717) is 18.0 Å². The number of ether oxygens (including phenoxy) is 1. The van der Waals surface area contributed by atoms with Crippen molar-refractivity contribution in [3.63, 3.8) is 0 Å². The number of thiocarbonyl (C=S) groups is 1. The first-order valence-corrected chi connectivity index (χ1v) is 7.44. The maximum atomic E-state index is 5.60. The van der Waals surface area contributed by atoms with Crippen LogP contribution in [-0.4, -0.2) is 41.7 Å². The van der Waals surface area contributed by atoms with Gasteiger partial charge < -0.3 is 10.5 Å². The molecule has 2 N–H and O–H groups in total. The summed E-state index contributed by atoms with van der Waals surface area (Å²) >= 11 is 4.96. The molecule has 0 saturated heterocycles. The van der Waals surface area contributed by atoms with Crippen LogP contribution in [0.15, 0.2) is 36.4 Å². The quantitative estimate of drug-likeness (QED) is 0.759. The van der Waals surface area contributed by atoms with E-state index in [4.69, 9.17) is 27.7 Å². The van der Waals surface area contributed by atoms with E-state index < -0.39 is 0 Å². The normalized spacial score (nSPS) is 11.1. The summed E-state index contributed by atoms with van der Waals surface area (Å²) < 4.78 is 5.16. The lowest BCUT2D eigenvalue weighted by Crippen LogP contribution is -2.30. The molecule has 0 unspecified atom stereocenters. The number of hydrogen-bond donors (Lipinski definition) is 1. The van der Waals surface area contributed by atoms with Crippen molar-refractivity contribution in [1.29, 1.82) is 0 Å². The summed E-state index contributed by atoms with van der Waals surface area (Å²) in [5.41, 5.74) is 7.67. The van der Waals surface area contributed by atoms with E-state index in [9.17, 15) is 0 Å². The average molecular weight is 303 g/mol. The molecule has 0 spiro atoms. The van der Waals surface area contributed by atoms with Crippen molar-refractivity contribution in [3.05, 3.63) is 42.1 Å². The van der Waals surface area contributed by atoms with Gasteiger partial charge in [-0.15, -0.1) is 0 Å². The molecule has 0 radical (unpaired) electrons. The van der Waals surface area contributed by atoms with E-state index in [-0.39, 0.29) is 0 Å². The Morgan fingerprint density at radius 3 is 2.81 bits per heavy atom. The van der Waals surface area contributed by atoms with Crippen LogP contribution < -0.4 is 5.73 Å². The minimum atomic E-state index is 0.545. The number of pyridine rings is 1. The van der Waals surface area contributed by atoms with E-state index in [0.717, 1.165) is 36.2 Å². The van der Waals surface area contributed by atoms with Crippen LogP contribution in [0.2, 0.25) is 0 Å². The molecule has 0 bridgehead atoms. The molecular formula is C16H21N3OS.